The fraction of sp³-hybridized carbons (Fsp3) is 0.556. The second kappa shape index (κ2) is 10.7. The molecule has 190 valence electrons. The molecule has 2 aliphatic rings. The molecule has 2 fully saturated rings. The van der Waals surface area contributed by atoms with Crippen molar-refractivity contribution < 1.29 is 17.7 Å². The number of benzene rings is 1. The van der Waals surface area contributed by atoms with Gasteiger partial charge in [0.25, 0.3) is 0 Å². The van der Waals surface area contributed by atoms with Gasteiger partial charge < -0.3 is 9.84 Å². The molecule has 2 aromatic rings. The van der Waals surface area contributed by atoms with Gasteiger partial charge in [-0.05, 0) is 82.4 Å². The van der Waals surface area contributed by atoms with Gasteiger partial charge in [-0.1, -0.05) is 41.9 Å². The number of nitrogens with zero attached hydrogens (tertiary/aromatic N) is 2. The van der Waals surface area contributed by atoms with Crippen molar-refractivity contribution in [2.75, 3.05) is 13.1 Å². The lowest BCUT2D eigenvalue weighted by atomic mass is 9.87. The second-order valence-corrected chi connectivity index (χ2v) is 12.2. The summed E-state index contributed by atoms with van der Waals surface area (Å²) in [5.74, 6) is 0.558. The highest BCUT2D eigenvalue weighted by atomic mass is 32.2. The number of carbonyl (C=O) groups excluding carboxylic acids is 1. The smallest absolute Gasteiger partial charge is 0.248 e. The average Bonchev–Trinajstić information content (AvgIpc) is 3.22. The number of hydrogen-bond acceptors (Lipinski definition) is 5. The van der Waals surface area contributed by atoms with E-state index in [2.05, 4.69) is 17.4 Å². The quantitative estimate of drug-likeness (QED) is 0.612. The normalized spacial score (nSPS) is 24.1. The van der Waals surface area contributed by atoms with Crippen LogP contribution < -0.4 is 5.32 Å². The fourth-order valence-electron chi connectivity index (χ4n) is 5.13. The molecule has 7 nitrogen and oxygen atoms in total. The zero-order valence-corrected chi connectivity index (χ0v) is 22.0. The molecule has 1 N–H and O–H groups in total. The Hall–Kier alpha value is -2.45. The van der Waals surface area contributed by atoms with E-state index >= 15 is 0 Å². The van der Waals surface area contributed by atoms with Crippen LogP contribution in [0.1, 0.15) is 73.6 Å². The first kappa shape index (κ1) is 25.6. The van der Waals surface area contributed by atoms with Gasteiger partial charge in [-0.25, -0.2) is 8.42 Å². The Morgan fingerprint density at radius 2 is 1.86 bits per heavy atom. The summed E-state index contributed by atoms with van der Waals surface area (Å²) in [5.41, 5.74) is 3.53. The molecule has 1 saturated heterocycles. The van der Waals surface area contributed by atoms with Gasteiger partial charge in [0.15, 0.2) is 10.7 Å². The van der Waals surface area contributed by atoms with E-state index in [-0.39, 0.29) is 35.1 Å². The Labute approximate surface area is 209 Å². The Kier molecular flexibility index (Phi) is 7.81. The molecule has 1 aromatic carbocycles. The third kappa shape index (κ3) is 5.86. The SMILES string of the molecule is Cc1ccc(C)c(/C=C/c2onc(C)c2S(=O)(=O)N2CCCC(C(=O)NC3CCC(C)CC3)C2)c1. The zero-order chi connectivity index (χ0) is 25.2. The number of sulfonamides is 1. The highest BCUT2D eigenvalue weighted by Crippen LogP contribution is 2.30. The Morgan fingerprint density at radius 1 is 1.11 bits per heavy atom. The van der Waals surface area contributed by atoms with E-state index in [0.717, 1.165) is 42.4 Å². The first-order valence-corrected chi connectivity index (χ1v) is 14.1. The van der Waals surface area contributed by atoms with E-state index in [0.29, 0.717) is 31.0 Å². The molecule has 2 heterocycles. The molecule has 1 amide bonds. The third-order valence-electron chi connectivity index (χ3n) is 7.40. The summed E-state index contributed by atoms with van der Waals surface area (Å²) in [5, 5.41) is 7.14. The molecule has 1 aromatic heterocycles. The van der Waals surface area contributed by atoms with Crippen molar-refractivity contribution in [1.29, 1.82) is 0 Å². The van der Waals surface area contributed by atoms with Crippen molar-refractivity contribution in [3.63, 3.8) is 0 Å². The second-order valence-electron chi connectivity index (χ2n) is 10.3. The number of amides is 1. The largest absolute Gasteiger partial charge is 0.355 e. The Bertz CT molecular complexity index is 1190. The number of rotatable bonds is 6. The molecule has 1 aliphatic heterocycles. The van der Waals surface area contributed by atoms with Crippen LogP contribution in [-0.4, -0.2) is 42.9 Å². The van der Waals surface area contributed by atoms with Crippen LogP contribution in [0.25, 0.3) is 12.2 Å². The monoisotopic (exact) mass is 499 g/mol. The third-order valence-corrected chi connectivity index (χ3v) is 9.42. The zero-order valence-electron chi connectivity index (χ0n) is 21.2. The van der Waals surface area contributed by atoms with Crippen molar-refractivity contribution in [3.8, 4) is 0 Å². The van der Waals surface area contributed by atoms with Crippen LogP contribution in [0.4, 0.5) is 0 Å². The molecular weight excluding hydrogens is 462 g/mol. The minimum atomic E-state index is -3.86. The number of piperidine rings is 1. The van der Waals surface area contributed by atoms with Gasteiger partial charge in [0.2, 0.25) is 15.9 Å². The maximum absolute atomic E-state index is 13.7. The van der Waals surface area contributed by atoms with E-state index in [4.69, 9.17) is 4.52 Å². The molecule has 0 spiro atoms. The maximum Gasteiger partial charge on any atom is 0.248 e. The predicted molar refractivity (Wildman–Crippen MR) is 137 cm³/mol. The Balaban J connectivity index is 1.50. The van der Waals surface area contributed by atoms with E-state index in [1.807, 2.05) is 38.1 Å². The molecule has 4 rings (SSSR count). The van der Waals surface area contributed by atoms with Crippen LogP contribution in [-0.2, 0) is 14.8 Å². The summed E-state index contributed by atoms with van der Waals surface area (Å²) in [6.07, 6.45) is 9.13. The Morgan fingerprint density at radius 3 is 2.60 bits per heavy atom. The molecule has 1 aliphatic carbocycles. The summed E-state index contributed by atoms with van der Waals surface area (Å²) in [4.78, 5) is 13.1. The maximum atomic E-state index is 13.7. The standard InChI is InChI=1S/C27H37N3O4S/c1-18-8-12-24(13-9-18)28-27(31)23-6-5-15-30(17-23)35(32,33)26-21(4)29-34-25(26)14-11-22-16-19(2)7-10-20(22)3/h7,10-11,14,16,18,23-24H,5-6,8-9,12-13,15,17H2,1-4H3,(H,28,31)/b14-11+. The van der Waals surface area contributed by atoms with Crippen molar-refractivity contribution in [1.82, 2.24) is 14.8 Å². The van der Waals surface area contributed by atoms with Crippen LogP contribution in [0.3, 0.4) is 0 Å². The molecule has 0 radical (unpaired) electrons. The molecular formula is C27H37N3O4S. The molecule has 35 heavy (non-hydrogen) atoms. The highest BCUT2D eigenvalue weighted by Gasteiger charge is 2.37. The number of hydrogen-bond donors (Lipinski definition) is 1. The summed E-state index contributed by atoms with van der Waals surface area (Å²) < 4.78 is 34.2. The fourth-order valence-corrected chi connectivity index (χ4v) is 6.90. The molecule has 1 unspecified atom stereocenters. The van der Waals surface area contributed by atoms with Gasteiger partial charge in [-0.15, -0.1) is 0 Å². The van der Waals surface area contributed by atoms with Crippen LogP contribution in [0.15, 0.2) is 27.6 Å². The number of aromatic nitrogens is 1. The highest BCUT2D eigenvalue weighted by molar-refractivity contribution is 7.89. The van der Waals surface area contributed by atoms with E-state index in [9.17, 15) is 13.2 Å². The van der Waals surface area contributed by atoms with Gasteiger partial charge in [-0.2, -0.15) is 4.31 Å². The summed E-state index contributed by atoms with van der Waals surface area (Å²) in [6.45, 7) is 8.49. The number of carbonyl (C=O) groups is 1. The summed E-state index contributed by atoms with van der Waals surface area (Å²) in [6, 6.07) is 6.32. The van der Waals surface area contributed by atoms with Crippen LogP contribution in [0.5, 0.6) is 0 Å². The van der Waals surface area contributed by atoms with Gasteiger partial charge in [-0.3, -0.25) is 4.79 Å². The van der Waals surface area contributed by atoms with Gasteiger partial charge in [0, 0.05) is 19.1 Å². The van der Waals surface area contributed by atoms with E-state index < -0.39 is 10.0 Å². The minimum Gasteiger partial charge on any atom is -0.355 e. The lowest BCUT2D eigenvalue weighted by molar-refractivity contribution is -0.127. The van der Waals surface area contributed by atoms with Crippen LogP contribution in [0, 0.1) is 32.6 Å². The van der Waals surface area contributed by atoms with Crippen molar-refractivity contribution >= 4 is 28.1 Å². The van der Waals surface area contributed by atoms with Crippen molar-refractivity contribution in [2.45, 2.75) is 77.2 Å². The van der Waals surface area contributed by atoms with Crippen LogP contribution in [0.2, 0.25) is 0 Å². The predicted octanol–water partition coefficient (Wildman–Crippen LogP) is 4.87. The van der Waals surface area contributed by atoms with Gasteiger partial charge in [0.1, 0.15) is 5.69 Å². The lowest BCUT2D eigenvalue weighted by Crippen LogP contribution is -2.48. The van der Waals surface area contributed by atoms with Gasteiger partial charge in [0.05, 0.1) is 5.92 Å². The lowest BCUT2D eigenvalue weighted by Gasteiger charge is -2.33. The van der Waals surface area contributed by atoms with E-state index in [1.165, 1.54) is 4.31 Å². The number of nitrogens with one attached hydrogen (secondary N) is 1. The first-order valence-electron chi connectivity index (χ1n) is 12.7. The van der Waals surface area contributed by atoms with E-state index in [1.54, 1.807) is 13.0 Å². The van der Waals surface area contributed by atoms with Gasteiger partial charge >= 0.3 is 0 Å². The average molecular weight is 500 g/mol. The molecule has 8 heteroatoms. The number of aryl methyl sites for hydroxylation is 3. The topological polar surface area (TPSA) is 92.5 Å². The molecule has 1 saturated carbocycles. The van der Waals surface area contributed by atoms with Crippen molar-refractivity contribution in [2.24, 2.45) is 11.8 Å². The minimum absolute atomic E-state index is 0.0264. The molecule has 1 atom stereocenters. The summed E-state index contributed by atoms with van der Waals surface area (Å²) in [7, 11) is -3.86. The molecule has 0 bridgehead atoms. The first-order chi connectivity index (χ1) is 16.6. The summed E-state index contributed by atoms with van der Waals surface area (Å²) >= 11 is 0. The van der Waals surface area contributed by atoms with Crippen LogP contribution >= 0.6 is 0 Å². The van der Waals surface area contributed by atoms with Crippen molar-refractivity contribution in [3.05, 3.63) is 46.3 Å².